The summed E-state index contributed by atoms with van der Waals surface area (Å²) in [6.07, 6.45) is 0. The summed E-state index contributed by atoms with van der Waals surface area (Å²) in [5.74, 6) is -1.96. The minimum absolute atomic E-state index is 0.0542. The predicted molar refractivity (Wildman–Crippen MR) is 148 cm³/mol. The van der Waals surface area contributed by atoms with Crippen LogP contribution in [0.2, 0.25) is 0 Å². The first-order valence-electron chi connectivity index (χ1n) is 13.1. The van der Waals surface area contributed by atoms with Crippen LogP contribution >= 0.6 is 0 Å². The van der Waals surface area contributed by atoms with Gasteiger partial charge in [0.15, 0.2) is 16.6 Å². The molecule has 6 rings (SSSR count). The number of hydrogen-bond donors (Lipinski definition) is 0. The Bertz CT molecular complexity index is 1550. The molecule has 40 heavy (non-hydrogen) atoms. The molecule has 2 fully saturated rings. The van der Waals surface area contributed by atoms with Crippen molar-refractivity contribution in [3.05, 3.63) is 84.2 Å². The molecule has 2 unspecified atom stereocenters. The van der Waals surface area contributed by atoms with Crippen LogP contribution in [-0.4, -0.2) is 78.9 Å². The Morgan fingerprint density at radius 3 is 1.57 bits per heavy atom. The smallest absolute Gasteiger partial charge is 0.322 e. The highest BCUT2D eigenvalue weighted by Crippen LogP contribution is 2.60. The van der Waals surface area contributed by atoms with Crippen molar-refractivity contribution in [2.75, 3.05) is 41.4 Å². The number of benzene rings is 2. The number of carbonyl (C=O) groups excluding carboxylic acids is 3. The average molecular weight is 539 g/mol. The molecule has 0 radical (unpaired) electrons. The molecule has 2 aromatic heterocycles. The summed E-state index contributed by atoms with van der Waals surface area (Å²) in [6.45, 7) is 0.108. The molecule has 0 amide bonds. The third kappa shape index (κ3) is 3.51. The number of likely N-dealkylation sites (tertiary alicyclic amines) is 2. The number of para-hydroxylation sites is 2. The quantitative estimate of drug-likeness (QED) is 0.286. The molecule has 4 aromatic rings. The summed E-state index contributed by atoms with van der Waals surface area (Å²) in [4.78, 5) is 56.2. The summed E-state index contributed by atoms with van der Waals surface area (Å²) in [6, 6.07) is 21.2. The molecule has 2 saturated heterocycles. The van der Waals surface area contributed by atoms with E-state index in [-0.39, 0.29) is 13.1 Å². The zero-order valence-corrected chi connectivity index (χ0v) is 22.8. The van der Waals surface area contributed by atoms with Gasteiger partial charge in [0.2, 0.25) is 0 Å². The molecule has 0 aliphatic carbocycles. The molecule has 204 valence electrons. The van der Waals surface area contributed by atoms with Gasteiger partial charge in [-0.05, 0) is 38.4 Å². The van der Waals surface area contributed by atoms with Gasteiger partial charge in [-0.2, -0.15) is 0 Å². The van der Waals surface area contributed by atoms with Gasteiger partial charge in [0.1, 0.15) is 0 Å². The van der Waals surface area contributed by atoms with Gasteiger partial charge in [0.25, 0.3) is 0 Å². The lowest BCUT2D eigenvalue weighted by atomic mass is 9.54. The van der Waals surface area contributed by atoms with E-state index in [1.807, 2.05) is 89.6 Å². The van der Waals surface area contributed by atoms with E-state index in [1.165, 1.54) is 14.2 Å². The monoisotopic (exact) mass is 538 g/mol. The van der Waals surface area contributed by atoms with Gasteiger partial charge in [0, 0.05) is 23.9 Å². The number of piperidine rings is 2. The van der Waals surface area contributed by atoms with Gasteiger partial charge in [-0.25, -0.2) is 0 Å². The minimum Gasteiger partial charge on any atom is -0.468 e. The third-order valence-corrected chi connectivity index (χ3v) is 8.50. The van der Waals surface area contributed by atoms with Crippen LogP contribution in [0.5, 0.6) is 0 Å². The normalized spacial score (nSPS) is 27.1. The number of aromatic nitrogens is 2. The molecule has 2 bridgehead atoms. The number of ketones is 1. The number of carbonyl (C=O) groups is 3. The lowest BCUT2D eigenvalue weighted by Crippen LogP contribution is -2.75. The number of hydrogen-bond acceptors (Lipinski definition) is 9. The Morgan fingerprint density at radius 1 is 0.725 bits per heavy atom. The summed E-state index contributed by atoms with van der Waals surface area (Å²) in [5, 5.41) is 1.86. The standard InChI is InChI=1S/C31H30N4O5/c1-34-17-30(28(37)39-3)25(23-15-13-19-9-5-7-11-21(19)32-23)35(2)26(31(18-34,27(30)36)29(38)40-4)24-16-14-20-10-6-8-12-22(20)33-24/h5-16,25-26H,17-18H2,1-4H3/t25?,26?,30-,31+. The maximum absolute atomic E-state index is 14.9. The van der Waals surface area contributed by atoms with Crippen molar-refractivity contribution in [3.63, 3.8) is 0 Å². The van der Waals surface area contributed by atoms with Crippen LogP contribution in [0.25, 0.3) is 21.8 Å². The number of Topliss-reactive ketones (excluding diaryl/α,β-unsaturated/α-hetero) is 1. The number of pyridine rings is 2. The average Bonchev–Trinajstić information content (AvgIpc) is 2.97. The van der Waals surface area contributed by atoms with Gasteiger partial charge in [-0.15, -0.1) is 0 Å². The number of ether oxygens (including phenoxy) is 2. The highest BCUT2D eigenvalue weighted by molar-refractivity contribution is 6.17. The van der Waals surface area contributed by atoms with Crippen molar-refractivity contribution >= 4 is 39.5 Å². The van der Waals surface area contributed by atoms with Gasteiger partial charge in [-0.3, -0.25) is 29.3 Å². The Hall–Kier alpha value is -4.21. The van der Waals surface area contributed by atoms with Crippen molar-refractivity contribution in [2.24, 2.45) is 10.8 Å². The third-order valence-electron chi connectivity index (χ3n) is 8.50. The van der Waals surface area contributed by atoms with Crippen molar-refractivity contribution in [1.82, 2.24) is 19.8 Å². The Kier molecular flexibility index (Phi) is 6.16. The summed E-state index contributed by atoms with van der Waals surface area (Å²) < 4.78 is 10.6. The fourth-order valence-electron chi connectivity index (χ4n) is 7.01. The Balaban J connectivity index is 1.66. The van der Waals surface area contributed by atoms with E-state index in [0.717, 1.165) is 21.8 Å². The van der Waals surface area contributed by atoms with Crippen molar-refractivity contribution in [3.8, 4) is 0 Å². The molecule has 0 spiro atoms. The first-order chi connectivity index (χ1) is 19.3. The second-order valence-corrected chi connectivity index (χ2v) is 10.8. The highest BCUT2D eigenvalue weighted by Gasteiger charge is 2.75. The summed E-state index contributed by atoms with van der Waals surface area (Å²) in [5.41, 5.74) is -0.967. The van der Waals surface area contributed by atoms with E-state index in [2.05, 4.69) is 0 Å². The number of rotatable bonds is 4. The van der Waals surface area contributed by atoms with Crippen LogP contribution in [0.1, 0.15) is 23.5 Å². The van der Waals surface area contributed by atoms with Gasteiger partial charge < -0.3 is 14.4 Å². The number of nitrogens with zero attached hydrogens (tertiary/aromatic N) is 4. The van der Waals surface area contributed by atoms with Gasteiger partial charge in [0.05, 0.1) is 48.7 Å². The molecule has 4 atom stereocenters. The zero-order valence-electron chi connectivity index (χ0n) is 22.8. The largest absolute Gasteiger partial charge is 0.468 e. The fourth-order valence-corrected chi connectivity index (χ4v) is 7.01. The van der Waals surface area contributed by atoms with Crippen LogP contribution in [0.4, 0.5) is 0 Å². The Labute approximate surface area is 231 Å². The van der Waals surface area contributed by atoms with Crippen molar-refractivity contribution < 1.29 is 23.9 Å². The van der Waals surface area contributed by atoms with E-state index in [0.29, 0.717) is 11.4 Å². The number of esters is 2. The Morgan fingerprint density at radius 2 is 1.15 bits per heavy atom. The summed E-state index contributed by atoms with van der Waals surface area (Å²) >= 11 is 0. The first kappa shape index (κ1) is 26.0. The predicted octanol–water partition coefficient (Wildman–Crippen LogP) is 3.34. The molecule has 9 nitrogen and oxygen atoms in total. The lowest BCUT2D eigenvalue weighted by molar-refractivity contribution is -0.202. The van der Waals surface area contributed by atoms with E-state index in [9.17, 15) is 14.4 Å². The second-order valence-electron chi connectivity index (χ2n) is 10.8. The van der Waals surface area contributed by atoms with E-state index in [1.54, 1.807) is 7.05 Å². The van der Waals surface area contributed by atoms with E-state index >= 15 is 0 Å². The van der Waals surface area contributed by atoms with Gasteiger partial charge >= 0.3 is 11.9 Å². The highest BCUT2D eigenvalue weighted by atomic mass is 16.5. The molecule has 0 N–H and O–H groups in total. The number of methoxy groups -OCH3 is 2. The zero-order chi connectivity index (χ0) is 28.2. The van der Waals surface area contributed by atoms with Crippen molar-refractivity contribution in [1.29, 1.82) is 0 Å². The maximum atomic E-state index is 14.9. The molecular formula is C31H30N4O5. The van der Waals surface area contributed by atoms with Crippen LogP contribution < -0.4 is 0 Å². The van der Waals surface area contributed by atoms with Crippen LogP contribution in [0.15, 0.2) is 72.8 Å². The minimum atomic E-state index is -1.74. The van der Waals surface area contributed by atoms with E-state index in [4.69, 9.17) is 19.4 Å². The SMILES string of the molecule is COC(=O)[C@@]12CN(C)C[C@@](C(=O)OC)(C1=O)C(c1ccc3ccccc3n1)N(C)C2c1ccc2ccccc2n1. The van der Waals surface area contributed by atoms with Crippen LogP contribution in [0, 0.1) is 10.8 Å². The fraction of sp³-hybridized carbons (Fsp3) is 0.323. The maximum Gasteiger partial charge on any atom is 0.322 e. The van der Waals surface area contributed by atoms with Crippen LogP contribution in [0.3, 0.4) is 0 Å². The lowest BCUT2D eigenvalue weighted by Gasteiger charge is -2.60. The van der Waals surface area contributed by atoms with E-state index < -0.39 is 40.6 Å². The van der Waals surface area contributed by atoms with Crippen LogP contribution in [-0.2, 0) is 23.9 Å². The molecule has 9 heteroatoms. The molecular weight excluding hydrogens is 508 g/mol. The second kappa shape index (κ2) is 9.46. The van der Waals surface area contributed by atoms with Crippen molar-refractivity contribution in [2.45, 2.75) is 12.1 Å². The molecule has 2 aromatic carbocycles. The molecule has 4 heterocycles. The molecule has 2 aliphatic rings. The molecule has 0 saturated carbocycles. The summed E-state index contributed by atoms with van der Waals surface area (Å²) in [7, 11) is 6.14. The molecule has 2 aliphatic heterocycles. The first-order valence-corrected chi connectivity index (χ1v) is 13.1. The topological polar surface area (TPSA) is 102 Å². The van der Waals surface area contributed by atoms with Gasteiger partial charge in [-0.1, -0.05) is 48.5 Å². The number of fused-ring (bicyclic) bond motifs is 4.